The average Bonchev–Trinajstić information content (AvgIpc) is 2.54. The number of nitro benzene ring substituents is 2. The molecule has 0 bridgehead atoms. The molecule has 0 heterocycles. The van der Waals surface area contributed by atoms with Gasteiger partial charge in [0, 0.05) is 11.1 Å². The van der Waals surface area contributed by atoms with Crippen molar-refractivity contribution in [1.82, 2.24) is 0 Å². The van der Waals surface area contributed by atoms with Gasteiger partial charge in [-0.3, -0.25) is 20.2 Å². The number of rotatable bonds is 3. The Hall–Kier alpha value is -0.440. The predicted octanol–water partition coefficient (Wildman–Crippen LogP) is 8.40. The Labute approximate surface area is 184 Å². The Bertz CT molecular complexity index is 857. The molecule has 0 radical (unpaired) electrons. The van der Waals surface area contributed by atoms with Crippen LogP contribution in [0.25, 0.3) is 11.1 Å². The van der Waals surface area contributed by atoms with Gasteiger partial charge in [0.1, 0.15) is 20.1 Å². The molecule has 0 amide bonds. The normalized spacial score (nSPS) is 10.9. The Morgan fingerprint density at radius 1 is 0.462 bits per heavy atom. The minimum absolute atomic E-state index is 0.220. The molecule has 0 fully saturated rings. The maximum absolute atomic E-state index is 11.1. The third-order valence-electron chi connectivity index (χ3n) is 3.10. The standard InChI is InChI=1S/C12Cl8N2O4/c13-3-1(4(14)8(18)11(7(3)17)21(23)24)2-5(15)9(19)12(22(25)26)10(20)6(2)16. The zero-order valence-electron chi connectivity index (χ0n) is 11.6. The number of halogens is 8. The second-order valence-electron chi connectivity index (χ2n) is 4.47. The maximum atomic E-state index is 11.1. The lowest BCUT2D eigenvalue weighted by Gasteiger charge is -2.16. The molecule has 138 valence electrons. The summed E-state index contributed by atoms with van der Waals surface area (Å²) in [5.74, 6) is 0. The van der Waals surface area contributed by atoms with E-state index in [-0.39, 0.29) is 11.1 Å². The number of hydrogen-bond acceptors (Lipinski definition) is 4. The summed E-state index contributed by atoms with van der Waals surface area (Å²) in [5, 5.41) is 18.4. The first-order valence-electron chi connectivity index (χ1n) is 5.94. The lowest BCUT2D eigenvalue weighted by Crippen LogP contribution is -1.98. The Kier molecular flexibility index (Phi) is 6.63. The molecule has 2 aromatic carbocycles. The molecule has 0 aromatic heterocycles. The highest BCUT2D eigenvalue weighted by molar-refractivity contribution is 6.56. The largest absolute Gasteiger partial charge is 0.309 e. The monoisotopic (exact) mass is 516 g/mol. The molecule has 6 nitrogen and oxygen atoms in total. The molecular formula is C12Cl8N2O4. The van der Waals surface area contributed by atoms with Crippen molar-refractivity contribution in [1.29, 1.82) is 0 Å². The molecule has 0 aliphatic heterocycles. The molecule has 0 saturated heterocycles. The fourth-order valence-corrected chi connectivity index (χ4v) is 4.34. The van der Waals surface area contributed by atoms with Crippen molar-refractivity contribution in [3.8, 4) is 11.1 Å². The second-order valence-corrected chi connectivity index (χ2v) is 7.50. The van der Waals surface area contributed by atoms with Gasteiger partial charge in [-0.25, -0.2) is 0 Å². The number of nitrogens with zero attached hydrogens (tertiary/aromatic N) is 2. The minimum Gasteiger partial charge on any atom is -0.258 e. The molecule has 0 aliphatic rings. The number of nitro groups is 2. The van der Waals surface area contributed by atoms with Crippen LogP contribution in [0.4, 0.5) is 11.4 Å². The Morgan fingerprint density at radius 2 is 0.654 bits per heavy atom. The zero-order chi connectivity index (χ0) is 20.1. The van der Waals surface area contributed by atoms with Crippen LogP contribution in [-0.2, 0) is 0 Å². The first-order valence-corrected chi connectivity index (χ1v) is 8.96. The Balaban J connectivity index is 3.05. The quantitative estimate of drug-likeness (QED) is 0.231. The molecule has 0 saturated carbocycles. The van der Waals surface area contributed by atoms with E-state index in [1.54, 1.807) is 0 Å². The lowest BCUT2D eigenvalue weighted by molar-refractivity contribution is -0.384. The molecule has 0 unspecified atom stereocenters. The summed E-state index contributed by atoms with van der Waals surface area (Å²) in [6.07, 6.45) is 0. The van der Waals surface area contributed by atoms with Crippen molar-refractivity contribution in [3.05, 3.63) is 60.4 Å². The van der Waals surface area contributed by atoms with E-state index in [0.29, 0.717) is 0 Å². The van der Waals surface area contributed by atoms with Gasteiger partial charge in [0.05, 0.1) is 29.9 Å². The van der Waals surface area contributed by atoms with Gasteiger partial charge in [-0.15, -0.1) is 0 Å². The molecule has 2 rings (SSSR count). The second kappa shape index (κ2) is 7.89. The van der Waals surface area contributed by atoms with Gasteiger partial charge >= 0.3 is 11.4 Å². The van der Waals surface area contributed by atoms with Crippen molar-refractivity contribution in [2.75, 3.05) is 0 Å². The fraction of sp³-hybridized carbons (Fsp3) is 0. The Morgan fingerprint density at radius 3 is 0.808 bits per heavy atom. The molecule has 0 spiro atoms. The molecule has 14 heteroatoms. The zero-order valence-corrected chi connectivity index (χ0v) is 17.6. The van der Waals surface area contributed by atoms with Crippen LogP contribution in [-0.4, -0.2) is 9.85 Å². The summed E-state index contributed by atoms with van der Waals surface area (Å²) in [5.41, 5.74) is -1.91. The highest BCUT2D eigenvalue weighted by atomic mass is 35.5. The van der Waals surface area contributed by atoms with Gasteiger partial charge in [0.15, 0.2) is 0 Å². The third-order valence-corrected chi connectivity index (χ3v) is 6.47. The van der Waals surface area contributed by atoms with E-state index in [4.69, 9.17) is 92.8 Å². The van der Waals surface area contributed by atoms with Crippen LogP contribution in [0, 0.1) is 20.2 Å². The summed E-state index contributed by atoms with van der Waals surface area (Å²) in [6.45, 7) is 0. The van der Waals surface area contributed by atoms with E-state index in [9.17, 15) is 20.2 Å². The van der Waals surface area contributed by atoms with Crippen molar-refractivity contribution >= 4 is 104 Å². The van der Waals surface area contributed by atoms with Crippen LogP contribution in [0.3, 0.4) is 0 Å². The van der Waals surface area contributed by atoms with E-state index in [0.717, 1.165) is 0 Å². The predicted molar refractivity (Wildman–Crippen MR) is 105 cm³/mol. The summed E-state index contributed by atoms with van der Waals surface area (Å²) in [6, 6.07) is 0. The smallest absolute Gasteiger partial charge is 0.258 e. The van der Waals surface area contributed by atoms with Gasteiger partial charge in [-0.1, -0.05) is 92.8 Å². The first kappa shape index (κ1) is 21.9. The van der Waals surface area contributed by atoms with Crippen LogP contribution < -0.4 is 0 Å². The summed E-state index contributed by atoms with van der Waals surface area (Å²) in [7, 11) is 0. The van der Waals surface area contributed by atoms with Crippen molar-refractivity contribution in [3.63, 3.8) is 0 Å². The van der Waals surface area contributed by atoms with Gasteiger partial charge < -0.3 is 0 Å². The van der Waals surface area contributed by atoms with Crippen molar-refractivity contribution in [2.24, 2.45) is 0 Å². The molecule has 2 aromatic rings. The van der Waals surface area contributed by atoms with Crippen LogP contribution in [0.15, 0.2) is 0 Å². The average molecular weight is 520 g/mol. The molecule has 0 N–H and O–H groups in total. The summed E-state index contributed by atoms with van der Waals surface area (Å²) in [4.78, 5) is 20.4. The third kappa shape index (κ3) is 3.38. The summed E-state index contributed by atoms with van der Waals surface area (Å²) < 4.78 is 0. The van der Waals surface area contributed by atoms with Crippen LogP contribution in [0.2, 0.25) is 40.2 Å². The lowest BCUT2D eigenvalue weighted by atomic mass is 10.0. The molecule has 26 heavy (non-hydrogen) atoms. The highest BCUT2D eigenvalue weighted by Crippen LogP contribution is 2.56. The van der Waals surface area contributed by atoms with Crippen LogP contribution in [0.1, 0.15) is 0 Å². The van der Waals surface area contributed by atoms with Gasteiger partial charge in [-0.2, -0.15) is 0 Å². The topological polar surface area (TPSA) is 86.3 Å². The van der Waals surface area contributed by atoms with Crippen LogP contribution in [0.5, 0.6) is 0 Å². The van der Waals surface area contributed by atoms with Crippen molar-refractivity contribution in [2.45, 2.75) is 0 Å². The highest BCUT2D eigenvalue weighted by Gasteiger charge is 2.34. The minimum atomic E-state index is -0.884. The number of benzene rings is 2. The molecule has 0 atom stereocenters. The van der Waals surface area contributed by atoms with Crippen molar-refractivity contribution < 1.29 is 9.85 Å². The van der Waals surface area contributed by atoms with E-state index < -0.39 is 61.4 Å². The van der Waals surface area contributed by atoms with Crippen LogP contribution >= 0.6 is 92.8 Å². The molecule has 0 aliphatic carbocycles. The van der Waals surface area contributed by atoms with Gasteiger partial charge in [0.25, 0.3) is 0 Å². The first-order chi connectivity index (χ1) is 11.9. The van der Waals surface area contributed by atoms with E-state index in [1.165, 1.54) is 0 Å². The maximum Gasteiger partial charge on any atom is 0.309 e. The van der Waals surface area contributed by atoms with E-state index in [1.807, 2.05) is 0 Å². The summed E-state index contributed by atoms with van der Waals surface area (Å²) >= 11 is 48.0. The van der Waals surface area contributed by atoms with Gasteiger partial charge in [0.2, 0.25) is 0 Å². The fourth-order valence-electron chi connectivity index (χ4n) is 2.00. The van der Waals surface area contributed by atoms with E-state index >= 15 is 0 Å². The molecular weight excluding hydrogens is 520 g/mol. The number of hydrogen-bond donors (Lipinski definition) is 0. The van der Waals surface area contributed by atoms with Gasteiger partial charge in [-0.05, 0) is 0 Å². The SMILES string of the molecule is O=[N+]([O-])c1c(Cl)c(Cl)c(-c2c(Cl)c(Cl)c([N+](=O)[O-])c(Cl)c2Cl)c(Cl)c1Cl. The van der Waals surface area contributed by atoms with E-state index in [2.05, 4.69) is 0 Å².